The Hall–Kier alpha value is -0.370. The van der Waals surface area contributed by atoms with Gasteiger partial charge in [0.2, 0.25) is 0 Å². The number of fused-ring (bicyclic) bond motifs is 5. The molecule has 0 aromatic carbocycles. The lowest BCUT2D eigenvalue weighted by Gasteiger charge is -2.62. The van der Waals surface area contributed by atoms with Crippen LogP contribution < -0.4 is 0 Å². The minimum atomic E-state index is -0.414. The van der Waals surface area contributed by atoms with Crippen LogP contribution in [0.1, 0.15) is 105 Å². The van der Waals surface area contributed by atoms with E-state index in [4.69, 9.17) is 0 Å². The van der Waals surface area contributed by atoms with Crippen molar-refractivity contribution in [3.8, 4) is 0 Å². The zero-order valence-corrected chi connectivity index (χ0v) is 18.2. The molecule has 0 saturated heterocycles. The van der Waals surface area contributed by atoms with Crippen LogP contribution in [0.15, 0.2) is 0 Å². The molecule has 0 spiro atoms. The van der Waals surface area contributed by atoms with Crippen LogP contribution in [0.5, 0.6) is 0 Å². The Morgan fingerprint density at radius 1 is 0.926 bits per heavy atom. The minimum absolute atomic E-state index is 0.253. The number of Topliss-reactive ketones (excluding diaryl/α,β-unsaturated/α-hetero) is 1. The maximum Gasteiger partial charge on any atom is 0.133 e. The van der Waals surface area contributed by atoms with Gasteiger partial charge in [0, 0.05) is 5.92 Å². The van der Waals surface area contributed by atoms with Crippen molar-refractivity contribution in [1.82, 2.24) is 0 Å². The van der Waals surface area contributed by atoms with Crippen molar-refractivity contribution in [2.45, 2.75) is 110 Å². The molecule has 4 aliphatic rings. The Labute approximate surface area is 166 Å². The molecular weight excluding hydrogens is 332 g/mol. The van der Waals surface area contributed by atoms with E-state index in [1.165, 1.54) is 51.4 Å². The average molecular weight is 375 g/mol. The molecule has 4 rings (SSSR count). The molecule has 0 unspecified atom stereocenters. The normalized spacial score (nSPS) is 52.9. The third-order valence-electron chi connectivity index (χ3n) is 10.4. The number of carbonyl (C=O) groups is 1. The smallest absolute Gasteiger partial charge is 0.133 e. The van der Waals surface area contributed by atoms with Gasteiger partial charge in [0.25, 0.3) is 0 Å². The van der Waals surface area contributed by atoms with Crippen LogP contribution >= 0.6 is 0 Å². The van der Waals surface area contributed by atoms with E-state index in [0.29, 0.717) is 23.0 Å². The van der Waals surface area contributed by atoms with Crippen molar-refractivity contribution in [2.75, 3.05) is 0 Å². The van der Waals surface area contributed by atoms with Crippen molar-refractivity contribution < 1.29 is 9.90 Å². The molecule has 0 aromatic rings. The molecular formula is C25H42O2. The van der Waals surface area contributed by atoms with Crippen molar-refractivity contribution >= 4 is 5.78 Å². The van der Waals surface area contributed by atoms with E-state index in [0.717, 1.165) is 43.4 Å². The van der Waals surface area contributed by atoms with Gasteiger partial charge in [0.1, 0.15) is 5.78 Å². The first-order valence-corrected chi connectivity index (χ1v) is 12.0. The fourth-order valence-electron chi connectivity index (χ4n) is 8.80. The van der Waals surface area contributed by atoms with E-state index in [1.807, 2.05) is 6.92 Å². The predicted octanol–water partition coefficient (Wildman–Crippen LogP) is 6.16. The highest BCUT2D eigenvalue weighted by molar-refractivity contribution is 5.79. The van der Waals surface area contributed by atoms with Gasteiger partial charge in [-0.3, -0.25) is 4.79 Å². The number of ketones is 1. The van der Waals surface area contributed by atoms with Crippen LogP contribution in [0.2, 0.25) is 0 Å². The van der Waals surface area contributed by atoms with Gasteiger partial charge in [-0.15, -0.1) is 0 Å². The first-order chi connectivity index (χ1) is 12.7. The fourth-order valence-corrected chi connectivity index (χ4v) is 8.80. The predicted molar refractivity (Wildman–Crippen MR) is 110 cm³/mol. The molecule has 27 heavy (non-hydrogen) atoms. The summed E-state index contributed by atoms with van der Waals surface area (Å²) in [5.74, 6) is 3.84. The number of aliphatic hydroxyl groups is 1. The molecule has 4 aliphatic carbocycles. The molecule has 8 atom stereocenters. The van der Waals surface area contributed by atoms with Gasteiger partial charge in [0.15, 0.2) is 0 Å². The Morgan fingerprint density at radius 2 is 1.67 bits per heavy atom. The Balaban J connectivity index is 1.62. The van der Waals surface area contributed by atoms with Gasteiger partial charge in [-0.25, -0.2) is 0 Å². The van der Waals surface area contributed by atoms with Crippen molar-refractivity contribution in [1.29, 1.82) is 0 Å². The lowest BCUT2D eigenvalue weighted by Crippen LogP contribution is -2.56. The lowest BCUT2D eigenvalue weighted by atomic mass is 9.42. The van der Waals surface area contributed by atoms with Gasteiger partial charge >= 0.3 is 0 Å². The van der Waals surface area contributed by atoms with E-state index >= 15 is 0 Å². The quantitative estimate of drug-likeness (QED) is 0.629. The van der Waals surface area contributed by atoms with Gasteiger partial charge in [-0.05, 0) is 106 Å². The summed E-state index contributed by atoms with van der Waals surface area (Å²) in [6.45, 7) is 9.07. The summed E-state index contributed by atoms with van der Waals surface area (Å²) in [6.07, 6.45) is 14.4. The molecule has 0 heterocycles. The van der Waals surface area contributed by atoms with E-state index in [-0.39, 0.29) is 5.41 Å². The highest BCUT2D eigenvalue weighted by atomic mass is 16.3. The molecule has 0 bridgehead atoms. The zero-order valence-electron chi connectivity index (χ0n) is 18.2. The average Bonchev–Trinajstić information content (AvgIpc) is 2.76. The van der Waals surface area contributed by atoms with E-state index < -0.39 is 5.60 Å². The summed E-state index contributed by atoms with van der Waals surface area (Å²) < 4.78 is 0. The highest BCUT2D eigenvalue weighted by Gasteiger charge is 2.59. The summed E-state index contributed by atoms with van der Waals surface area (Å²) in [7, 11) is 0. The van der Waals surface area contributed by atoms with E-state index in [9.17, 15) is 9.90 Å². The molecule has 1 N–H and O–H groups in total. The fraction of sp³-hybridized carbons (Fsp3) is 0.960. The zero-order chi connectivity index (χ0) is 19.4. The summed E-state index contributed by atoms with van der Waals surface area (Å²) in [4.78, 5) is 12.4. The molecule has 154 valence electrons. The maximum absolute atomic E-state index is 12.4. The van der Waals surface area contributed by atoms with Crippen molar-refractivity contribution in [2.24, 2.45) is 40.4 Å². The number of carbonyl (C=O) groups excluding carboxylic acids is 1. The minimum Gasteiger partial charge on any atom is -0.390 e. The molecule has 0 amide bonds. The van der Waals surface area contributed by atoms with E-state index in [1.54, 1.807) is 0 Å². The number of rotatable bonds is 2. The van der Waals surface area contributed by atoms with Gasteiger partial charge in [-0.2, -0.15) is 0 Å². The van der Waals surface area contributed by atoms with Crippen LogP contribution in [0.25, 0.3) is 0 Å². The van der Waals surface area contributed by atoms with Crippen LogP contribution in [-0.2, 0) is 4.79 Å². The first kappa shape index (κ1) is 19.9. The summed E-state index contributed by atoms with van der Waals surface area (Å²) in [5, 5.41) is 11.1. The first-order valence-electron chi connectivity index (χ1n) is 12.0. The number of hydrogen-bond donors (Lipinski definition) is 1. The van der Waals surface area contributed by atoms with Crippen LogP contribution in [0, 0.1) is 40.4 Å². The maximum atomic E-state index is 12.4. The molecule has 0 aliphatic heterocycles. The van der Waals surface area contributed by atoms with Gasteiger partial charge in [-0.1, -0.05) is 33.6 Å². The lowest BCUT2D eigenvalue weighted by molar-refractivity contribution is -0.152. The Kier molecular flexibility index (Phi) is 5.06. The molecule has 4 saturated carbocycles. The summed E-state index contributed by atoms with van der Waals surface area (Å²) >= 11 is 0. The van der Waals surface area contributed by atoms with Crippen molar-refractivity contribution in [3.63, 3.8) is 0 Å². The van der Waals surface area contributed by atoms with Crippen LogP contribution in [0.3, 0.4) is 0 Å². The Bertz CT molecular complexity index is 585. The molecule has 0 aromatic heterocycles. The SMILES string of the molecule is CC[C@@]1(O)CCC[C@@]2(C)[C@H](CC[C@@H]3[C@@H]2CC[C@]2(C)[C@@H](C(C)=O)CCC[C@@H]32)C1. The van der Waals surface area contributed by atoms with E-state index in [2.05, 4.69) is 20.8 Å². The van der Waals surface area contributed by atoms with Crippen molar-refractivity contribution in [3.05, 3.63) is 0 Å². The second kappa shape index (κ2) is 6.85. The van der Waals surface area contributed by atoms with Crippen LogP contribution in [-0.4, -0.2) is 16.5 Å². The standard InChI is InChI=1S/C25H42O2/c1-5-25(27)14-7-13-23(3)18(16-25)10-11-19-21-9-6-8-20(17(2)26)24(21,4)15-12-22(19)23/h18-22,27H,5-16H2,1-4H3/t18-,19+,20-,21+,22+,23+,24-,25-/m1/s1. The molecule has 0 radical (unpaired) electrons. The topological polar surface area (TPSA) is 37.3 Å². The number of hydrogen-bond acceptors (Lipinski definition) is 2. The second-order valence-electron chi connectivity index (χ2n) is 11.4. The summed E-state index contributed by atoms with van der Waals surface area (Å²) in [6, 6.07) is 0. The third-order valence-corrected chi connectivity index (χ3v) is 10.4. The largest absolute Gasteiger partial charge is 0.390 e. The van der Waals surface area contributed by atoms with Crippen LogP contribution in [0.4, 0.5) is 0 Å². The molecule has 2 heteroatoms. The monoisotopic (exact) mass is 374 g/mol. The Morgan fingerprint density at radius 3 is 2.37 bits per heavy atom. The van der Waals surface area contributed by atoms with Gasteiger partial charge in [0.05, 0.1) is 5.60 Å². The molecule has 2 nitrogen and oxygen atoms in total. The molecule has 4 fully saturated rings. The second-order valence-corrected chi connectivity index (χ2v) is 11.4. The summed E-state index contributed by atoms with van der Waals surface area (Å²) in [5.41, 5.74) is 0.249. The van der Waals surface area contributed by atoms with Gasteiger partial charge < -0.3 is 5.11 Å². The highest BCUT2D eigenvalue weighted by Crippen LogP contribution is 2.66. The third kappa shape index (κ3) is 3.04.